The Kier molecular flexibility index (Phi) is 5.04. The Morgan fingerprint density at radius 2 is 2.07 bits per heavy atom. The molecule has 144 valence electrons. The van der Waals surface area contributed by atoms with E-state index in [0.29, 0.717) is 25.4 Å². The number of benzene rings is 1. The second-order valence-electron chi connectivity index (χ2n) is 8.20. The van der Waals surface area contributed by atoms with Crippen molar-refractivity contribution in [2.24, 2.45) is 0 Å². The van der Waals surface area contributed by atoms with E-state index in [1.54, 1.807) is 0 Å². The zero-order valence-corrected chi connectivity index (χ0v) is 16.2. The van der Waals surface area contributed by atoms with E-state index in [4.69, 9.17) is 0 Å². The number of amides is 2. The van der Waals surface area contributed by atoms with Crippen LogP contribution in [0.2, 0.25) is 0 Å². The number of hydrogen-bond acceptors (Lipinski definition) is 4. The molecule has 27 heavy (non-hydrogen) atoms. The largest absolute Gasteiger partial charge is 0.355 e. The SMILES string of the molecule is C=C1c2ccc(CCC3CCCCN3C)cc2CN1C1CCC(=O)NC1=O. The molecule has 1 aromatic carbocycles. The molecule has 2 atom stereocenters. The van der Waals surface area contributed by atoms with E-state index >= 15 is 0 Å². The monoisotopic (exact) mass is 367 g/mol. The molecule has 4 rings (SSSR count). The van der Waals surface area contributed by atoms with E-state index in [9.17, 15) is 9.59 Å². The quantitative estimate of drug-likeness (QED) is 0.832. The van der Waals surface area contributed by atoms with Gasteiger partial charge in [-0.05, 0) is 56.8 Å². The van der Waals surface area contributed by atoms with Gasteiger partial charge in [0.2, 0.25) is 11.8 Å². The lowest BCUT2D eigenvalue weighted by Crippen LogP contribution is -2.50. The lowest BCUT2D eigenvalue weighted by molar-refractivity contribution is -0.136. The number of rotatable bonds is 4. The molecule has 0 aliphatic carbocycles. The smallest absolute Gasteiger partial charge is 0.249 e. The van der Waals surface area contributed by atoms with Crippen molar-refractivity contribution in [1.82, 2.24) is 15.1 Å². The highest BCUT2D eigenvalue weighted by Gasteiger charge is 2.36. The van der Waals surface area contributed by atoms with Gasteiger partial charge < -0.3 is 9.80 Å². The summed E-state index contributed by atoms with van der Waals surface area (Å²) in [5.41, 5.74) is 4.65. The third-order valence-corrected chi connectivity index (χ3v) is 6.44. The van der Waals surface area contributed by atoms with Crippen molar-refractivity contribution < 1.29 is 9.59 Å². The highest BCUT2D eigenvalue weighted by molar-refractivity contribution is 6.01. The lowest BCUT2D eigenvalue weighted by Gasteiger charge is -2.32. The first-order valence-electron chi connectivity index (χ1n) is 10.1. The molecular formula is C22H29N3O2. The van der Waals surface area contributed by atoms with Gasteiger partial charge in [-0.1, -0.05) is 31.2 Å². The van der Waals surface area contributed by atoms with Crippen molar-refractivity contribution in [1.29, 1.82) is 0 Å². The van der Waals surface area contributed by atoms with Gasteiger partial charge >= 0.3 is 0 Å². The Hall–Kier alpha value is -2.14. The Morgan fingerprint density at radius 1 is 1.22 bits per heavy atom. The summed E-state index contributed by atoms with van der Waals surface area (Å²) in [6.45, 7) is 6.14. The minimum Gasteiger partial charge on any atom is -0.355 e. The predicted octanol–water partition coefficient (Wildman–Crippen LogP) is 2.70. The molecule has 0 aromatic heterocycles. The van der Waals surface area contributed by atoms with Crippen LogP contribution < -0.4 is 5.32 Å². The fourth-order valence-corrected chi connectivity index (χ4v) is 4.77. The molecule has 3 heterocycles. The highest BCUT2D eigenvalue weighted by Crippen LogP contribution is 2.35. The number of likely N-dealkylation sites (tertiary alicyclic amines) is 1. The molecule has 0 spiro atoms. The first-order valence-corrected chi connectivity index (χ1v) is 10.1. The van der Waals surface area contributed by atoms with Crippen LogP contribution in [0.15, 0.2) is 24.8 Å². The van der Waals surface area contributed by atoms with Crippen LogP contribution in [-0.4, -0.2) is 47.3 Å². The van der Waals surface area contributed by atoms with Gasteiger partial charge in [0.1, 0.15) is 6.04 Å². The summed E-state index contributed by atoms with van der Waals surface area (Å²) < 4.78 is 0. The molecule has 0 bridgehead atoms. The molecular weight excluding hydrogens is 338 g/mol. The number of carbonyl (C=O) groups excluding carboxylic acids is 2. The summed E-state index contributed by atoms with van der Waals surface area (Å²) in [4.78, 5) is 28.2. The van der Waals surface area contributed by atoms with Crippen LogP contribution in [0.5, 0.6) is 0 Å². The molecule has 3 aliphatic heterocycles. The van der Waals surface area contributed by atoms with Crippen molar-refractivity contribution in [2.75, 3.05) is 13.6 Å². The van der Waals surface area contributed by atoms with Gasteiger partial charge in [-0.25, -0.2) is 0 Å². The van der Waals surface area contributed by atoms with E-state index in [2.05, 4.69) is 46.9 Å². The van der Waals surface area contributed by atoms with E-state index in [-0.39, 0.29) is 17.9 Å². The number of aryl methyl sites for hydroxylation is 1. The van der Waals surface area contributed by atoms with Crippen molar-refractivity contribution in [3.8, 4) is 0 Å². The summed E-state index contributed by atoms with van der Waals surface area (Å²) in [5.74, 6) is -0.366. The van der Waals surface area contributed by atoms with Crippen molar-refractivity contribution >= 4 is 17.5 Å². The summed E-state index contributed by atoms with van der Waals surface area (Å²) in [6.07, 6.45) is 7.24. The molecule has 5 nitrogen and oxygen atoms in total. The summed E-state index contributed by atoms with van der Waals surface area (Å²) in [7, 11) is 2.24. The van der Waals surface area contributed by atoms with E-state index in [1.807, 2.05) is 0 Å². The van der Waals surface area contributed by atoms with E-state index < -0.39 is 0 Å². The highest BCUT2D eigenvalue weighted by atomic mass is 16.2. The van der Waals surface area contributed by atoms with Crippen LogP contribution in [-0.2, 0) is 22.6 Å². The summed E-state index contributed by atoms with van der Waals surface area (Å²) >= 11 is 0. The molecule has 2 unspecified atom stereocenters. The maximum Gasteiger partial charge on any atom is 0.249 e. The zero-order chi connectivity index (χ0) is 19.0. The molecule has 2 saturated heterocycles. The van der Waals surface area contributed by atoms with Crippen LogP contribution in [0.25, 0.3) is 5.70 Å². The van der Waals surface area contributed by atoms with Gasteiger partial charge in [-0.3, -0.25) is 14.9 Å². The van der Waals surface area contributed by atoms with E-state index in [0.717, 1.165) is 17.7 Å². The average molecular weight is 367 g/mol. The Balaban J connectivity index is 1.43. The number of nitrogens with zero attached hydrogens (tertiary/aromatic N) is 2. The summed E-state index contributed by atoms with van der Waals surface area (Å²) in [6, 6.07) is 7.06. The molecule has 5 heteroatoms. The number of fused-ring (bicyclic) bond motifs is 1. The van der Waals surface area contributed by atoms with Gasteiger partial charge in [0.15, 0.2) is 0 Å². The van der Waals surface area contributed by atoms with Crippen LogP contribution in [0, 0.1) is 0 Å². The molecule has 3 aliphatic rings. The van der Waals surface area contributed by atoms with Crippen LogP contribution >= 0.6 is 0 Å². The predicted molar refractivity (Wildman–Crippen MR) is 106 cm³/mol. The number of carbonyl (C=O) groups is 2. The molecule has 2 amide bonds. The zero-order valence-electron chi connectivity index (χ0n) is 16.2. The average Bonchev–Trinajstić information content (AvgIpc) is 2.97. The third-order valence-electron chi connectivity index (χ3n) is 6.44. The van der Waals surface area contributed by atoms with E-state index in [1.165, 1.54) is 43.4 Å². The van der Waals surface area contributed by atoms with Crippen LogP contribution in [0.3, 0.4) is 0 Å². The normalized spacial score (nSPS) is 26.3. The number of hydrogen-bond donors (Lipinski definition) is 1. The van der Waals surface area contributed by atoms with Crippen molar-refractivity contribution in [2.45, 2.75) is 63.6 Å². The minimum atomic E-state index is -0.290. The molecule has 1 aromatic rings. The fourth-order valence-electron chi connectivity index (χ4n) is 4.77. The minimum absolute atomic E-state index is 0.173. The number of imide groups is 1. The maximum atomic E-state index is 12.2. The van der Waals surface area contributed by atoms with Gasteiger partial charge in [-0.15, -0.1) is 0 Å². The van der Waals surface area contributed by atoms with Crippen molar-refractivity contribution in [3.63, 3.8) is 0 Å². The Morgan fingerprint density at radius 3 is 2.85 bits per heavy atom. The second kappa shape index (κ2) is 7.47. The van der Waals surface area contributed by atoms with Gasteiger partial charge in [0.25, 0.3) is 0 Å². The first kappa shape index (κ1) is 18.2. The fraction of sp³-hybridized carbons (Fsp3) is 0.545. The lowest BCUT2D eigenvalue weighted by atomic mass is 9.95. The van der Waals surface area contributed by atoms with Crippen LogP contribution in [0.4, 0.5) is 0 Å². The second-order valence-corrected chi connectivity index (χ2v) is 8.20. The summed E-state index contributed by atoms with van der Waals surface area (Å²) in [5, 5.41) is 2.46. The van der Waals surface area contributed by atoms with Crippen molar-refractivity contribution in [3.05, 3.63) is 41.5 Å². The molecule has 2 fully saturated rings. The van der Waals surface area contributed by atoms with Gasteiger partial charge in [0.05, 0.1) is 0 Å². The molecule has 0 saturated carbocycles. The van der Waals surface area contributed by atoms with Crippen LogP contribution in [0.1, 0.15) is 55.2 Å². The first-order chi connectivity index (χ1) is 13.0. The van der Waals surface area contributed by atoms with Gasteiger partial charge in [-0.2, -0.15) is 0 Å². The number of nitrogens with one attached hydrogen (secondary N) is 1. The standard InChI is InChI=1S/C22H29N3O2/c1-15-19-9-7-16(6-8-18-5-3-4-12-24(18)2)13-17(19)14-25(15)20-10-11-21(26)23-22(20)27/h7,9,13,18,20H,1,3-6,8,10-12,14H2,2H3,(H,23,26,27). The van der Waals surface area contributed by atoms with Gasteiger partial charge in [0, 0.05) is 30.3 Å². The third kappa shape index (κ3) is 3.65. The Bertz CT molecular complexity index is 773. The Labute approximate surface area is 161 Å². The topological polar surface area (TPSA) is 52.6 Å². The molecule has 1 N–H and O–H groups in total. The maximum absolute atomic E-state index is 12.2. The number of piperidine rings is 2. The molecule has 0 radical (unpaired) electrons.